The Labute approximate surface area is 139 Å². The molecule has 1 aromatic carbocycles. The molecule has 4 rings (SSSR count). The second-order valence-electron chi connectivity index (χ2n) is 7.36. The maximum Gasteiger partial charge on any atom is 0.129 e. The highest BCUT2D eigenvalue weighted by Crippen LogP contribution is 2.30. The van der Waals surface area contributed by atoms with E-state index in [0.29, 0.717) is 0 Å². The normalized spacial score (nSPS) is 20.0. The summed E-state index contributed by atoms with van der Waals surface area (Å²) in [6, 6.07) is 7.44. The highest BCUT2D eigenvalue weighted by molar-refractivity contribution is 5.87. The number of benzene rings is 1. The summed E-state index contributed by atoms with van der Waals surface area (Å²) in [5.41, 5.74) is 5.17. The summed E-state index contributed by atoms with van der Waals surface area (Å²) in [6.45, 7) is 11.5. The molecule has 0 spiro atoms. The fourth-order valence-electron chi connectivity index (χ4n) is 4.00. The van der Waals surface area contributed by atoms with Crippen molar-refractivity contribution in [1.29, 1.82) is 0 Å². The lowest BCUT2D eigenvalue weighted by molar-refractivity contribution is 0.138. The van der Waals surface area contributed by atoms with Gasteiger partial charge in [0.1, 0.15) is 5.82 Å². The van der Waals surface area contributed by atoms with Crippen molar-refractivity contribution in [3.05, 3.63) is 34.9 Å². The summed E-state index contributed by atoms with van der Waals surface area (Å²) in [6.07, 6.45) is 4.17. The summed E-state index contributed by atoms with van der Waals surface area (Å²) in [4.78, 5) is 10.1. The zero-order valence-corrected chi connectivity index (χ0v) is 14.6. The van der Waals surface area contributed by atoms with Gasteiger partial charge in [-0.3, -0.25) is 4.90 Å². The summed E-state index contributed by atoms with van der Waals surface area (Å²) in [5.74, 6) is 1.16. The molecule has 0 amide bonds. The van der Waals surface area contributed by atoms with E-state index in [1.54, 1.807) is 0 Å². The standard InChI is InChI=1S/C20H27N3/c1-14-7-8-18-15(2)11-19(21-20(18)16(14)3)23-12-17(13-23)22-9-5-4-6-10-22/h7-8,11,17H,4-6,9-10,12-13H2,1-3H3. The highest BCUT2D eigenvalue weighted by atomic mass is 15.3. The van der Waals surface area contributed by atoms with E-state index >= 15 is 0 Å². The van der Waals surface area contributed by atoms with Gasteiger partial charge < -0.3 is 4.90 Å². The second-order valence-corrected chi connectivity index (χ2v) is 7.36. The fourth-order valence-corrected chi connectivity index (χ4v) is 4.00. The molecule has 122 valence electrons. The van der Waals surface area contributed by atoms with E-state index < -0.39 is 0 Å². The van der Waals surface area contributed by atoms with Crippen LogP contribution in [0.5, 0.6) is 0 Å². The molecule has 3 heteroatoms. The van der Waals surface area contributed by atoms with Crippen LogP contribution in [0.25, 0.3) is 10.9 Å². The monoisotopic (exact) mass is 309 g/mol. The van der Waals surface area contributed by atoms with Gasteiger partial charge in [-0.25, -0.2) is 4.98 Å². The van der Waals surface area contributed by atoms with Gasteiger partial charge in [0.05, 0.1) is 5.52 Å². The summed E-state index contributed by atoms with van der Waals surface area (Å²) in [7, 11) is 0. The molecule has 2 aromatic rings. The minimum atomic E-state index is 0.742. The molecule has 0 atom stereocenters. The first-order valence-corrected chi connectivity index (χ1v) is 9.00. The average molecular weight is 309 g/mol. The summed E-state index contributed by atoms with van der Waals surface area (Å²) in [5, 5.41) is 1.30. The lowest BCUT2D eigenvalue weighted by atomic mass is 10.0. The fraction of sp³-hybridized carbons (Fsp3) is 0.550. The van der Waals surface area contributed by atoms with Crippen LogP contribution < -0.4 is 4.90 Å². The van der Waals surface area contributed by atoms with Gasteiger partial charge in [0.15, 0.2) is 0 Å². The van der Waals surface area contributed by atoms with E-state index in [1.807, 2.05) is 0 Å². The van der Waals surface area contributed by atoms with Crippen LogP contribution in [-0.4, -0.2) is 42.1 Å². The van der Waals surface area contributed by atoms with Gasteiger partial charge in [-0.1, -0.05) is 18.6 Å². The van der Waals surface area contributed by atoms with Crippen LogP contribution in [-0.2, 0) is 0 Å². The maximum atomic E-state index is 5.01. The van der Waals surface area contributed by atoms with Crippen molar-refractivity contribution in [3.8, 4) is 0 Å². The van der Waals surface area contributed by atoms with E-state index in [9.17, 15) is 0 Å². The largest absolute Gasteiger partial charge is 0.353 e. The van der Waals surface area contributed by atoms with Crippen molar-refractivity contribution in [2.45, 2.75) is 46.1 Å². The summed E-state index contributed by atoms with van der Waals surface area (Å²) >= 11 is 0. The third kappa shape index (κ3) is 2.61. The van der Waals surface area contributed by atoms with E-state index in [0.717, 1.165) is 24.9 Å². The third-order valence-corrected chi connectivity index (χ3v) is 5.79. The first-order chi connectivity index (χ1) is 11.1. The number of rotatable bonds is 2. The van der Waals surface area contributed by atoms with Crippen molar-refractivity contribution in [2.75, 3.05) is 31.1 Å². The number of fused-ring (bicyclic) bond motifs is 1. The van der Waals surface area contributed by atoms with Crippen LogP contribution in [0.3, 0.4) is 0 Å². The van der Waals surface area contributed by atoms with Crippen LogP contribution >= 0.6 is 0 Å². The van der Waals surface area contributed by atoms with Crippen LogP contribution in [0.2, 0.25) is 0 Å². The number of hydrogen-bond donors (Lipinski definition) is 0. The molecule has 0 bridgehead atoms. The van der Waals surface area contributed by atoms with E-state index in [-0.39, 0.29) is 0 Å². The molecule has 0 radical (unpaired) electrons. The zero-order valence-electron chi connectivity index (χ0n) is 14.6. The predicted molar refractivity (Wildman–Crippen MR) is 97.4 cm³/mol. The van der Waals surface area contributed by atoms with Gasteiger partial charge in [-0.05, 0) is 69.5 Å². The van der Waals surface area contributed by atoms with Crippen LogP contribution in [0.1, 0.15) is 36.0 Å². The van der Waals surface area contributed by atoms with Crippen LogP contribution in [0, 0.1) is 20.8 Å². The van der Waals surface area contributed by atoms with E-state index in [1.165, 1.54) is 59.9 Å². The molecule has 2 aliphatic heterocycles. The Morgan fingerprint density at radius 2 is 1.70 bits per heavy atom. The number of hydrogen-bond acceptors (Lipinski definition) is 3. The molecule has 0 N–H and O–H groups in total. The molecule has 1 aromatic heterocycles. The number of likely N-dealkylation sites (tertiary alicyclic amines) is 1. The first-order valence-electron chi connectivity index (χ1n) is 9.00. The van der Waals surface area contributed by atoms with Crippen molar-refractivity contribution < 1.29 is 0 Å². The first kappa shape index (κ1) is 14.9. The van der Waals surface area contributed by atoms with Gasteiger partial charge >= 0.3 is 0 Å². The SMILES string of the molecule is Cc1ccc2c(C)cc(N3CC(N4CCCCC4)C3)nc2c1C. The molecule has 0 aliphatic carbocycles. The number of nitrogens with zero attached hydrogens (tertiary/aromatic N) is 3. The molecule has 3 heterocycles. The Bertz CT molecular complexity index is 725. The molecule has 23 heavy (non-hydrogen) atoms. The summed E-state index contributed by atoms with van der Waals surface area (Å²) < 4.78 is 0. The predicted octanol–water partition coefficient (Wildman–Crippen LogP) is 3.83. The van der Waals surface area contributed by atoms with Gasteiger partial charge in [-0.2, -0.15) is 0 Å². The Morgan fingerprint density at radius 1 is 0.957 bits per heavy atom. The quantitative estimate of drug-likeness (QED) is 0.840. The van der Waals surface area contributed by atoms with Crippen molar-refractivity contribution in [3.63, 3.8) is 0 Å². The lowest BCUT2D eigenvalue weighted by Crippen LogP contribution is -2.60. The van der Waals surface area contributed by atoms with Crippen LogP contribution in [0.4, 0.5) is 5.82 Å². The molecule has 2 saturated heterocycles. The van der Waals surface area contributed by atoms with Crippen molar-refractivity contribution >= 4 is 16.7 Å². The van der Waals surface area contributed by atoms with Crippen LogP contribution in [0.15, 0.2) is 18.2 Å². The Morgan fingerprint density at radius 3 is 2.43 bits per heavy atom. The molecule has 2 aliphatic rings. The molecule has 3 nitrogen and oxygen atoms in total. The number of piperidine rings is 1. The van der Waals surface area contributed by atoms with Gasteiger partial charge in [0.2, 0.25) is 0 Å². The highest BCUT2D eigenvalue weighted by Gasteiger charge is 2.33. The number of pyridine rings is 1. The Balaban J connectivity index is 1.57. The molecular formula is C20H27N3. The zero-order chi connectivity index (χ0) is 16.0. The second kappa shape index (κ2) is 5.79. The topological polar surface area (TPSA) is 19.4 Å². The number of aryl methyl sites for hydroxylation is 3. The third-order valence-electron chi connectivity index (χ3n) is 5.79. The average Bonchev–Trinajstić information content (AvgIpc) is 2.51. The number of aromatic nitrogens is 1. The van der Waals surface area contributed by atoms with Crippen molar-refractivity contribution in [1.82, 2.24) is 9.88 Å². The van der Waals surface area contributed by atoms with Gasteiger partial charge in [-0.15, -0.1) is 0 Å². The minimum absolute atomic E-state index is 0.742. The smallest absolute Gasteiger partial charge is 0.129 e. The van der Waals surface area contributed by atoms with Crippen molar-refractivity contribution in [2.24, 2.45) is 0 Å². The van der Waals surface area contributed by atoms with E-state index in [4.69, 9.17) is 4.98 Å². The number of anilines is 1. The van der Waals surface area contributed by atoms with Gasteiger partial charge in [0.25, 0.3) is 0 Å². The van der Waals surface area contributed by atoms with Gasteiger partial charge in [0, 0.05) is 24.5 Å². The molecule has 0 saturated carbocycles. The maximum absolute atomic E-state index is 5.01. The molecular weight excluding hydrogens is 282 g/mol. The Kier molecular flexibility index (Phi) is 3.76. The minimum Gasteiger partial charge on any atom is -0.353 e. The molecule has 2 fully saturated rings. The molecule has 0 unspecified atom stereocenters. The van der Waals surface area contributed by atoms with E-state index in [2.05, 4.69) is 48.8 Å². The Hall–Kier alpha value is -1.61. The lowest BCUT2D eigenvalue weighted by Gasteiger charge is -2.47.